The molecule has 0 spiro atoms. The minimum absolute atomic E-state index is 0.0517. The van der Waals surface area contributed by atoms with E-state index in [-0.39, 0.29) is 5.91 Å². The summed E-state index contributed by atoms with van der Waals surface area (Å²) in [6, 6.07) is 3.87. The van der Waals surface area contributed by atoms with Crippen molar-refractivity contribution in [3.05, 3.63) is 29.6 Å². The van der Waals surface area contributed by atoms with Crippen molar-refractivity contribution in [2.45, 2.75) is 51.2 Å². The molecule has 0 bridgehead atoms. The van der Waals surface area contributed by atoms with Crippen LogP contribution < -0.4 is 11.1 Å². The Morgan fingerprint density at radius 2 is 2.19 bits per heavy atom. The molecule has 1 amide bonds. The number of aromatic nitrogens is 1. The van der Waals surface area contributed by atoms with Crippen LogP contribution in [0.2, 0.25) is 0 Å². The van der Waals surface area contributed by atoms with Crippen molar-refractivity contribution in [1.29, 1.82) is 0 Å². The predicted octanol–water partition coefficient (Wildman–Crippen LogP) is 1.80. The van der Waals surface area contributed by atoms with Crippen LogP contribution >= 0.6 is 0 Å². The maximum Gasteiger partial charge on any atom is 0.251 e. The van der Waals surface area contributed by atoms with E-state index in [4.69, 9.17) is 10.5 Å². The van der Waals surface area contributed by atoms with Crippen LogP contribution in [0.3, 0.4) is 0 Å². The topological polar surface area (TPSA) is 77.2 Å². The fourth-order valence-electron chi connectivity index (χ4n) is 2.57. The number of aryl methyl sites for hydroxylation is 1. The van der Waals surface area contributed by atoms with Gasteiger partial charge in [-0.05, 0) is 51.2 Å². The largest absolute Gasteiger partial charge is 0.378 e. The fraction of sp³-hybridized carbons (Fsp3) is 0.625. The summed E-state index contributed by atoms with van der Waals surface area (Å²) in [5, 5.41) is 2.90. The van der Waals surface area contributed by atoms with E-state index in [9.17, 15) is 4.79 Å². The highest BCUT2D eigenvalue weighted by Crippen LogP contribution is 2.19. The normalized spacial score (nSPS) is 22.0. The Morgan fingerprint density at radius 3 is 2.90 bits per heavy atom. The number of nitrogens with zero attached hydrogens (tertiary/aromatic N) is 1. The zero-order chi connectivity index (χ0) is 15.1. The second-order valence-electron chi connectivity index (χ2n) is 5.70. The lowest BCUT2D eigenvalue weighted by atomic mass is 9.94. The molecule has 2 rings (SSSR count). The third kappa shape index (κ3) is 5.44. The molecule has 5 heteroatoms. The van der Waals surface area contributed by atoms with Crippen LogP contribution in [0.4, 0.5) is 0 Å². The van der Waals surface area contributed by atoms with Gasteiger partial charge in [-0.1, -0.05) is 0 Å². The Hall–Kier alpha value is -1.46. The van der Waals surface area contributed by atoms with Crippen LogP contribution in [0.5, 0.6) is 0 Å². The molecule has 1 saturated carbocycles. The summed E-state index contributed by atoms with van der Waals surface area (Å²) >= 11 is 0. The molecule has 1 heterocycles. The van der Waals surface area contributed by atoms with Gasteiger partial charge in [0.1, 0.15) is 0 Å². The molecule has 1 aliphatic rings. The van der Waals surface area contributed by atoms with Gasteiger partial charge >= 0.3 is 0 Å². The van der Waals surface area contributed by atoms with Crippen molar-refractivity contribution >= 4 is 5.91 Å². The lowest BCUT2D eigenvalue weighted by molar-refractivity contribution is 0.0241. The monoisotopic (exact) mass is 291 g/mol. The molecule has 3 N–H and O–H groups in total. The van der Waals surface area contributed by atoms with Crippen molar-refractivity contribution in [2.75, 3.05) is 13.2 Å². The van der Waals surface area contributed by atoms with Gasteiger partial charge in [-0.25, -0.2) is 0 Å². The Balaban J connectivity index is 1.58. The molecule has 1 aromatic heterocycles. The number of carbonyl (C=O) groups excluding carboxylic acids is 1. The summed E-state index contributed by atoms with van der Waals surface area (Å²) in [6.45, 7) is 3.20. The van der Waals surface area contributed by atoms with Gasteiger partial charge in [0.05, 0.1) is 6.10 Å². The number of nitrogens with two attached hydrogens (primary N) is 1. The highest BCUT2D eigenvalue weighted by molar-refractivity contribution is 5.94. The van der Waals surface area contributed by atoms with Gasteiger partial charge in [0.2, 0.25) is 0 Å². The van der Waals surface area contributed by atoms with Crippen molar-refractivity contribution < 1.29 is 9.53 Å². The zero-order valence-corrected chi connectivity index (χ0v) is 12.7. The number of ether oxygens (including phenoxy) is 1. The average Bonchev–Trinajstić information content (AvgIpc) is 2.48. The van der Waals surface area contributed by atoms with Gasteiger partial charge in [0.15, 0.2) is 0 Å². The van der Waals surface area contributed by atoms with E-state index in [0.717, 1.165) is 37.8 Å². The number of amides is 1. The fourth-order valence-corrected chi connectivity index (χ4v) is 2.57. The predicted molar refractivity (Wildman–Crippen MR) is 82.1 cm³/mol. The third-order valence-electron chi connectivity index (χ3n) is 3.84. The molecule has 1 aromatic rings. The van der Waals surface area contributed by atoms with Crippen LogP contribution in [-0.4, -0.2) is 36.2 Å². The summed E-state index contributed by atoms with van der Waals surface area (Å²) < 4.78 is 5.82. The van der Waals surface area contributed by atoms with Gasteiger partial charge in [0.25, 0.3) is 5.91 Å². The minimum Gasteiger partial charge on any atom is -0.378 e. The highest BCUT2D eigenvalue weighted by atomic mass is 16.5. The summed E-state index contributed by atoms with van der Waals surface area (Å²) in [4.78, 5) is 16.0. The number of pyridine rings is 1. The summed E-state index contributed by atoms with van der Waals surface area (Å²) in [6.07, 6.45) is 7.07. The molecule has 116 valence electrons. The van der Waals surface area contributed by atoms with E-state index in [1.807, 2.05) is 6.92 Å². The van der Waals surface area contributed by atoms with Crippen molar-refractivity contribution in [3.8, 4) is 0 Å². The van der Waals surface area contributed by atoms with Gasteiger partial charge in [-0.3, -0.25) is 9.78 Å². The average molecular weight is 291 g/mol. The molecule has 0 saturated heterocycles. The summed E-state index contributed by atoms with van der Waals surface area (Å²) in [5.74, 6) is -0.0517. The van der Waals surface area contributed by atoms with E-state index in [0.29, 0.717) is 30.9 Å². The van der Waals surface area contributed by atoms with E-state index in [1.165, 1.54) is 0 Å². The van der Waals surface area contributed by atoms with Gasteiger partial charge in [-0.2, -0.15) is 0 Å². The second kappa shape index (κ2) is 8.10. The quantitative estimate of drug-likeness (QED) is 0.783. The maximum atomic E-state index is 11.9. The molecule has 0 aliphatic heterocycles. The molecule has 1 aliphatic carbocycles. The molecule has 5 nitrogen and oxygen atoms in total. The first kappa shape index (κ1) is 15.9. The summed E-state index contributed by atoms with van der Waals surface area (Å²) in [7, 11) is 0. The molecule has 1 fully saturated rings. The Bertz CT molecular complexity index is 457. The first-order valence-electron chi connectivity index (χ1n) is 7.73. The van der Waals surface area contributed by atoms with E-state index < -0.39 is 0 Å². The SMILES string of the molecule is Cc1cc(C(=O)NCCCOC2CCC(N)CC2)ccn1. The Kier molecular flexibility index (Phi) is 6.14. The van der Waals surface area contributed by atoms with Gasteiger partial charge < -0.3 is 15.8 Å². The maximum absolute atomic E-state index is 11.9. The Labute approximate surface area is 126 Å². The number of nitrogens with one attached hydrogen (secondary N) is 1. The molecule has 0 aromatic carbocycles. The third-order valence-corrected chi connectivity index (χ3v) is 3.84. The van der Waals surface area contributed by atoms with Crippen molar-refractivity contribution in [2.24, 2.45) is 5.73 Å². The highest BCUT2D eigenvalue weighted by Gasteiger charge is 2.18. The van der Waals surface area contributed by atoms with Crippen LogP contribution in [0.1, 0.15) is 48.2 Å². The van der Waals surface area contributed by atoms with E-state index >= 15 is 0 Å². The lowest BCUT2D eigenvalue weighted by Crippen LogP contribution is -2.31. The lowest BCUT2D eigenvalue weighted by Gasteiger charge is -2.26. The first-order chi connectivity index (χ1) is 10.1. The molecular weight excluding hydrogens is 266 g/mol. The van der Waals surface area contributed by atoms with Crippen LogP contribution in [-0.2, 0) is 4.74 Å². The number of carbonyl (C=O) groups is 1. The van der Waals surface area contributed by atoms with Crippen molar-refractivity contribution in [3.63, 3.8) is 0 Å². The standard InChI is InChI=1S/C16H25N3O2/c1-12-11-13(7-9-18-12)16(20)19-8-2-10-21-15-5-3-14(17)4-6-15/h7,9,11,14-15H,2-6,8,10,17H2,1H3,(H,19,20). The molecule has 21 heavy (non-hydrogen) atoms. The van der Waals surface area contributed by atoms with Crippen LogP contribution in [0.15, 0.2) is 18.3 Å². The Morgan fingerprint density at radius 1 is 1.43 bits per heavy atom. The molecular formula is C16H25N3O2. The van der Waals surface area contributed by atoms with E-state index in [2.05, 4.69) is 10.3 Å². The van der Waals surface area contributed by atoms with Gasteiger partial charge in [-0.15, -0.1) is 0 Å². The number of rotatable bonds is 6. The molecule has 0 radical (unpaired) electrons. The van der Waals surface area contributed by atoms with E-state index in [1.54, 1.807) is 18.3 Å². The second-order valence-corrected chi connectivity index (χ2v) is 5.70. The number of hydrogen-bond acceptors (Lipinski definition) is 4. The smallest absolute Gasteiger partial charge is 0.251 e. The zero-order valence-electron chi connectivity index (χ0n) is 12.7. The molecule has 0 atom stereocenters. The first-order valence-corrected chi connectivity index (χ1v) is 7.73. The minimum atomic E-state index is -0.0517. The van der Waals surface area contributed by atoms with Gasteiger partial charge in [0, 0.05) is 36.6 Å². The van der Waals surface area contributed by atoms with Crippen LogP contribution in [0.25, 0.3) is 0 Å². The van der Waals surface area contributed by atoms with Crippen molar-refractivity contribution in [1.82, 2.24) is 10.3 Å². The summed E-state index contributed by atoms with van der Waals surface area (Å²) in [5.41, 5.74) is 7.37. The molecule has 0 unspecified atom stereocenters. The van der Waals surface area contributed by atoms with Crippen LogP contribution in [0, 0.1) is 6.92 Å². The number of hydrogen-bond donors (Lipinski definition) is 2.